The van der Waals surface area contributed by atoms with Gasteiger partial charge >= 0.3 is 0 Å². The third-order valence-corrected chi connectivity index (χ3v) is 5.62. The van der Waals surface area contributed by atoms with Gasteiger partial charge in [0.15, 0.2) is 0 Å². The van der Waals surface area contributed by atoms with E-state index in [-0.39, 0.29) is 11.8 Å². The predicted octanol–water partition coefficient (Wildman–Crippen LogP) is 7.35. The number of unbranched alkanes of at least 4 members (excludes halogenated alkanes) is 6. The molecule has 0 aliphatic rings. The lowest BCUT2D eigenvalue weighted by atomic mass is 10.1. The molecule has 0 radical (unpaired) electrons. The largest absolute Gasteiger partial charge is 0.494 e. The molecule has 2 rings (SSSR count). The molecule has 2 aromatic rings. The number of benzene rings is 2. The molecule has 0 saturated carbocycles. The summed E-state index contributed by atoms with van der Waals surface area (Å²) in [7, 11) is 0. The first kappa shape index (κ1) is 28.2. The van der Waals surface area contributed by atoms with E-state index in [1.165, 1.54) is 0 Å². The molecule has 192 valence electrons. The second-order valence-electron chi connectivity index (χ2n) is 8.82. The highest BCUT2D eigenvalue weighted by Crippen LogP contribution is 2.18. The Labute approximate surface area is 210 Å². The van der Waals surface area contributed by atoms with Gasteiger partial charge in [0.05, 0.1) is 13.2 Å². The molecular formula is C29H42N2O4. The average molecular weight is 483 g/mol. The van der Waals surface area contributed by atoms with Gasteiger partial charge in [-0.15, -0.1) is 0 Å². The van der Waals surface area contributed by atoms with E-state index in [1.807, 2.05) is 48.5 Å². The summed E-state index contributed by atoms with van der Waals surface area (Å²) in [6.45, 7) is 5.70. The van der Waals surface area contributed by atoms with E-state index in [1.54, 1.807) is 0 Å². The first-order valence-electron chi connectivity index (χ1n) is 13.2. The molecule has 35 heavy (non-hydrogen) atoms. The van der Waals surface area contributed by atoms with E-state index < -0.39 is 0 Å². The molecular weight excluding hydrogens is 440 g/mol. The van der Waals surface area contributed by atoms with Crippen LogP contribution in [0.5, 0.6) is 11.5 Å². The Morgan fingerprint density at radius 2 is 0.943 bits per heavy atom. The molecule has 2 N–H and O–H groups in total. The van der Waals surface area contributed by atoms with E-state index in [0.717, 1.165) is 93.9 Å². The fraction of sp³-hybridized carbons (Fsp3) is 0.517. The van der Waals surface area contributed by atoms with Gasteiger partial charge in [-0.2, -0.15) is 0 Å². The first-order chi connectivity index (χ1) is 17.1. The van der Waals surface area contributed by atoms with E-state index in [0.29, 0.717) is 12.8 Å². The number of rotatable bonds is 18. The highest BCUT2D eigenvalue weighted by molar-refractivity contribution is 5.91. The zero-order chi connectivity index (χ0) is 25.1. The summed E-state index contributed by atoms with van der Waals surface area (Å²) < 4.78 is 11.3. The van der Waals surface area contributed by atoms with Gasteiger partial charge in [0, 0.05) is 24.2 Å². The van der Waals surface area contributed by atoms with Crippen molar-refractivity contribution in [3.05, 3.63) is 48.5 Å². The van der Waals surface area contributed by atoms with Crippen LogP contribution in [0.3, 0.4) is 0 Å². The van der Waals surface area contributed by atoms with Crippen molar-refractivity contribution >= 4 is 23.2 Å². The quantitative estimate of drug-likeness (QED) is 0.218. The fourth-order valence-corrected chi connectivity index (χ4v) is 3.49. The lowest BCUT2D eigenvalue weighted by Crippen LogP contribution is -2.11. The van der Waals surface area contributed by atoms with Crippen LogP contribution >= 0.6 is 0 Å². The molecule has 6 heteroatoms. The highest BCUT2D eigenvalue weighted by Gasteiger charge is 2.05. The molecule has 0 aliphatic heterocycles. The lowest BCUT2D eigenvalue weighted by molar-refractivity contribution is -0.117. The van der Waals surface area contributed by atoms with Gasteiger partial charge < -0.3 is 20.1 Å². The van der Waals surface area contributed by atoms with Crippen molar-refractivity contribution in [1.29, 1.82) is 0 Å². The molecule has 0 spiro atoms. The van der Waals surface area contributed by atoms with Crippen LogP contribution in [0, 0.1) is 0 Å². The van der Waals surface area contributed by atoms with Gasteiger partial charge in [-0.05, 0) is 74.2 Å². The monoisotopic (exact) mass is 482 g/mol. The molecule has 0 saturated heterocycles. The first-order valence-corrected chi connectivity index (χ1v) is 13.2. The van der Waals surface area contributed by atoms with E-state index in [9.17, 15) is 9.59 Å². The molecule has 0 bridgehead atoms. The van der Waals surface area contributed by atoms with Crippen molar-refractivity contribution in [1.82, 2.24) is 0 Å². The van der Waals surface area contributed by atoms with Gasteiger partial charge in [0.1, 0.15) is 11.5 Å². The number of hydrogen-bond acceptors (Lipinski definition) is 4. The number of amides is 2. The summed E-state index contributed by atoms with van der Waals surface area (Å²) in [4.78, 5) is 24.3. The fourth-order valence-electron chi connectivity index (χ4n) is 3.49. The van der Waals surface area contributed by atoms with Crippen molar-refractivity contribution in [2.24, 2.45) is 0 Å². The average Bonchev–Trinajstić information content (AvgIpc) is 2.86. The standard InChI is InChI=1S/C29H42N2O4/c1-3-5-22-34-26-18-14-24(15-19-26)30-28(32)12-10-8-7-9-11-13-29(33)31-25-16-20-27(21-17-25)35-23-6-4-2/h14-21H,3-13,22-23H2,1-2H3,(H,30,32)(H,31,33). The third-order valence-electron chi connectivity index (χ3n) is 5.62. The number of hydrogen-bond donors (Lipinski definition) is 2. The number of nitrogens with one attached hydrogen (secondary N) is 2. The summed E-state index contributed by atoms with van der Waals surface area (Å²) in [5.41, 5.74) is 1.59. The molecule has 0 aliphatic carbocycles. The van der Waals surface area contributed by atoms with Gasteiger partial charge in [-0.25, -0.2) is 0 Å². The minimum absolute atomic E-state index is 0.0332. The van der Waals surface area contributed by atoms with Crippen LogP contribution in [0.2, 0.25) is 0 Å². The summed E-state index contributed by atoms with van der Waals surface area (Å²) in [5.74, 6) is 1.72. The summed E-state index contributed by atoms with van der Waals surface area (Å²) >= 11 is 0. The molecule has 0 heterocycles. The predicted molar refractivity (Wildman–Crippen MR) is 143 cm³/mol. The topological polar surface area (TPSA) is 76.7 Å². The maximum atomic E-state index is 12.1. The van der Waals surface area contributed by atoms with Crippen molar-refractivity contribution < 1.29 is 19.1 Å². The Morgan fingerprint density at radius 1 is 0.571 bits per heavy atom. The van der Waals surface area contributed by atoms with Crippen LogP contribution in [0.1, 0.15) is 84.5 Å². The number of carbonyl (C=O) groups excluding carboxylic acids is 2. The molecule has 6 nitrogen and oxygen atoms in total. The maximum Gasteiger partial charge on any atom is 0.224 e. The van der Waals surface area contributed by atoms with Crippen LogP contribution in [-0.2, 0) is 9.59 Å². The van der Waals surface area contributed by atoms with Crippen molar-refractivity contribution in [3.63, 3.8) is 0 Å². The maximum absolute atomic E-state index is 12.1. The van der Waals surface area contributed by atoms with Gasteiger partial charge in [-0.1, -0.05) is 46.0 Å². The second kappa shape index (κ2) is 17.4. The third kappa shape index (κ3) is 12.9. The molecule has 0 fully saturated rings. The number of ether oxygens (including phenoxy) is 2. The molecule has 2 amide bonds. The van der Waals surface area contributed by atoms with Crippen LogP contribution < -0.4 is 20.1 Å². The minimum Gasteiger partial charge on any atom is -0.494 e. The van der Waals surface area contributed by atoms with E-state index in [2.05, 4.69) is 24.5 Å². The van der Waals surface area contributed by atoms with Crippen molar-refractivity contribution in [2.75, 3.05) is 23.8 Å². The zero-order valence-corrected chi connectivity index (χ0v) is 21.4. The van der Waals surface area contributed by atoms with Gasteiger partial charge in [0.25, 0.3) is 0 Å². The summed E-state index contributed by atoms with van der Waals surface area (Å²) in [6, 6.07) is 15.1. The Hall–Kier alpha value is -3.02. The molecule has 0 unspecified atom stereocenters. The zero-order valence-electron chi connectivity index (χ0n) is 21.4. The van der Waals surface area contributed by atoms with Gasteiger partial charge in [-0.3, -0.25) is 9.59 Å². The SMILES string of the molecule is CCCCOc1ccc(NC(=O)CCCCCCCC(=O)Nc2ccc(OCCCC)cc2)cc1. The van der Waals surface area contributed by atoms with E-state index >= 15 is 0 Å². The molecule has 0 aromatic heterocycles. The van der Waals surface area contributed by atoms with Gasteiger partial charge in [0.2, 0.25) is 11.8 Å². The van der Waals surface area contributed by atoms with Crippen LogP contribution in [0.25, 0.3) is 0 Å². The normalized spacial score (nSPS) is 10.6. The Balaban J connectivity index is 1.49. The van der Waals surface area contributed by atoms with E-state index in [4.69, 9.17) is 9.47 Å². The Bertz CT molecular complexity index is 778. The molecule has 2 aromatic carbocycles. The summed E-state index contributed by atoms with van der Waals surface area (Å²) in [5, 5.41) is 5.87. The number of anilines is 2. The highest BCUT2D eigenvalue weighted by atomic mass is 16.5. The Kier molecular flexibility index (Phi) is 14.0. The second-order valence-corrected chi connectivity index (χ2v) is 8.82. The van der Waals surface area contributed by atoms with Crippen molar-refractivity contribution in [2.45, 2.75) is 84.5 Å². The van der Waals surface area contributed by atoms with Crippen LogP contribution in [-0.4, -0.2) is 25.0 Å². The smallest absolute Gasteiger partial charge is 0.224 e. The minimum atomic E-state index is 0.0332. The van der Waals surface area contributed by atoms with Crippen molar-refractivity contribution in [3.8, 4) is 11.5 Å². The Morgan fingerprint density at radius 3 is 1.31 bits per heavy atom. The van der Waals surface area contributed by atoms with Crippen LogP contribution in [0.15, 0.2) is 48.5 Å². The van der Waals surface area contributed by atoms with Crippen LogP contribution in [0.4, 0.5) is 11.4 Å². The summed E-state index contributed by atoms with van der Waals surface area (Å²) in [6.07, 6.45) is 9.99. The number of carbonyl (C=O) groups is 2. The molecule has 0 atom stereocenters. The lowest BCUT2D eigenvalue weighted by Gasteiger charge is -2.08.